The van der Waals surface area contributed by atoms with Gasteiger partial charge in [0, 0.05) is 20.1 Å². The highest BCUT2D eigenvalue weighted by Gasteiger charge is 2.17. The summed E-state index contributed by atoms with van der Waals surface area (Å²) in [6.45, 7) is 3.29. The second-order valence-corrected chi connectivity index (χ2v) is 4.19. The fourth-order valence-electron chi connectivity index (χ4n) is 1.86. The van der Waals surface area contributed by atoms with Gasteiger partial charge in [0.2, 0.25) is 0 Å². The van der Waals surface area contributed by atoms with Crippen LogP contribution in [0.2, 0.25) is 0 Å². The number of imidazole rings is 1. The molecule has 0 saturated carbocycles. The van der Waals surface area contributed by atoms with Crippen molar-refractivity contribution >= 4 is 5.91 Å². The molecular formula is C14H17N3O. The van der Waals surface area contributed by atoms with Gasteiger partial charge in [0.05, 0.1) is 12.5 Å². The zero-order valence-electron chi connectivity index (χ0n) is 10.7. The molecule has 0 radical (unpaired) electrons. The molecule has 0 unspecified atom stereocenters. The van der Waals surface area contributed by atoms with E-state index in [1.54, 1.807) is 17.1 Å². The fourth-order valence-corrected chi connectivity index (χ4v) is 1.86. The third kappa shape index (κ3) is 2.59. The molecule has 0 atom stereocenters. The van der Waals surface area contributed by atoms with Crippen molar-refractivity contribution in [2.75, 3.05) is 6.54 Å². The molecule has 0 aliphatic rings. The van der Waals surface area contributed by atoms with Crippen LogP contribution < -0.4 is 0 Å². The SMILES string of the molecule is CCN(Cc1ccccc1)C(=O)c1cncn1C. The summed E-state index contributed by atoms with van der Waals surface area (Å²) in [7, 11) is 1.83. The van der Waals surface area contributed by atoms with Crippen molar-refractivity contribution in [3.63, 3.8) is 0 Å². The van der Waals surface area contributed by atoms with Crippen molar-refractivity contribution in [3.8, 4) is 0 Å². The Bertz CT molecular complexity index is 519. The Labute approximate surface area is 107 Å². The number of benzene rings is 1. The highest BCUT2D eigenvalue weighted by Crippen LogP contribution is 2.09. The molecule has 18 heavy (non-hydrogen) atoms. The van der Waals surface area contributed by atoms with Gasteiger partial charge in [-0.15, -0.1) is 0 Å². The summed E-state index contributed by atoms with van der Waals surface area (Å²) in [4.78, 5) is 18.1. The van der Waals surface area contributed by atoms with Crippen molar-refractivity contribution < 1.29 is 4.79 Å². The van der Waals surface area contributed by atoms with Crippen LogP contribution in [0.25, 0.3) is 0 Å². The number of hydrogen-bond acceptors (Lipinski definition) is 2. The first kappa shape index (κ1) is 12.4. The molecule has 1 aromatic carbocycles. The van der Waals surface area contributed by atoms with Crippen molar-refractivity contribution in [2.45, 2.75) is 13.5 Å². The van der Waals surface area contributed by atoms with E-state index in [1.807, 2.05) is 49.2 Å². The van der Waals surface area contributed by atoms with Crippen LogP contribution in [0.1, 0.15) is 23.0 Å². The number of aromatic nitrogens is 2. The lowest BCUT2D eigenvalue weighted by Gasteiger charge is -2.20. The molecule has 2 rings (SSSR count). The monoisotopic (exact) mass is 243 g/mol. The predicted octanol–water partition coefficient (Wildman–Crippen LogP) is 2.08. The summed E-state index contributed by atoms with van der Waals surface area (Å²) in [5, 5.41) is 0. The molecule has 0 spiro atoms. The first-order valence-electron chi connectivity index (χ1n) is 6.02. The number of carbonyl (C=O) groups excluding carboxylic acids is 1. The molecule has 1 aromatic heterocycles. The summed E-state index contributed by atoms with van der Waals surface area (Å²) in [5.74, 6) is 0.0151. The molecule has 0 bridgehead atoms. The Morgan fingerprint density at radius 3 is 2.61 bits per heavy atom. The molecule has 0 aliphatic heterocycles. The summed E-state index contributed by atoms with van der Waals surface area (Å²) in [6, 6.07) is 10.00. The maximum absolute atomic E-state index is 12.3. The van der Waals surface area contributed by atoms with Gasteiger partial charge in [0.25, 0.3) is 5.91 Å². The van der Waals surface area contributed by atoms with Gasteiger partial charge in [0.15, 0.2) is 0 Å². The van der Waals surface area contributed by atoms with E-state index in [-0.39, 0.29) is 5.91 Å². The molecule has 0 saturated heterocycles. The van der Waals surface area contributed by atoms with Gasteiger partial charge >= 0.3 is 0 Å². The Morgan fingerprint density at radius 1 is 1.33 bits per heavy atom. The minimum atomic E-state index is 0.0151. The Morgan fingerprint density at radius 2 is 2.06 bits per heavy atom. The minimum absolute atomic E-state index is 0.0151. The van der Waals surface area contributed by atoms with E-state index in [0.29, 0.717) is 18.8 Å². The maximum atomic E-state index is 12.3. The first-order chi connectivity index (χ1) is 8.72. The number of amides is 1. The van der Waals surface area contributed by atoms with Gasteiger partial charge in [-0.25, -0.2) is 4.98 Å². The largest absolute Gasteiger partial charge is 0.333 e. The Balaban J connectivity index is 2.15. The summed E-state index contributed by atoms with van der Waals surface area (Å²) in [6.07, 6.45) is 3.25. The van der Waals surface area contributed by atoms with Crippen LogP contribution in [0.5, 0.6) is 0 Å². The number of aryl methyl sites for hydroxylation is 1. The van der Waals surface area contributed by atoms with E-state index < -0.39 is 0 Å². The molecule has 1 amide bonds. The Hall–Kier alpha value is -2.10. The molecule has 0 N–H and O–H groups in total. The Kier molecular flexibility index (Phi) is 3.77. The number of hydrogen-bond donors (Lipinski definition) is 0. The quantitative estimate of drug-likeness (QED) is 0.824. The number of rotatable bonds is 4. The summed E-state index contributed by atoms with van der Waals surface area (Å²) >= 11 is 0. The van der Waals surface area contributed by atoms with E-state index in [0.717, 1.165) is 5.56 Å². The molecule has 1 heterocycles. The van der Waals surface area contributed by atoms with Crippen LogP contribution in [-0.2, 0) is 13.6 Å². The second-order valence-electron chi connectivity index (χ2n) is 4.19. The van der Waals surface area contributed by atoms with Gasteiger partial charge in [-0.3, -0.25) is 4.79 Å². The van der Waals surface area contributed by atoms with Gasteiger partial charge in [0.1, 0.15) is 5.69 Å². The third-order valence-electron chi connectivity index (χ3n) is 2.92. The highest BCUT2D eigenvalue weighted by molar-refractivity contribution is 5.92. The van der Waals surface area contributed by atoms with Crippen molar-refractivity contribution in [2.24, 2.45) is 7.05 Å². The minimum Gasteiger partial charge on any atom is -0.333 e. The first-order valence-corrected chi connectivity index (χ1v) is 6.02. The van der Waals surface area contributed by atoms with E-state index >= 15 is 0 Å². The zero-order chi connectivity index (χ0) is 13.0. The van der Waals surface area contributed by atoms with Gasteiger partial charge < -0.3 is 9.47 Å². The standard InChI is InChI=1S/C14H17N3O/c1-3-17(10-12-7-5-4-6-8-12)14(18)13-9-15-11-16(13)2/h4-9,11H,3,10H2,1-2H3. The lowest BCUT2D eigenvalue weighted by atomic mass is 10.2. The fraction of sp³-hybridized carbons (Fsp3) is 0.286. The molecule has 94 valence electrons. The number of carbonyl (C=O) groups is 1. The normalized spacial score (nSPS) is 10.3. The topological polar surface area (TPSA) is 38.1 Å². The van der Waals surface area contributed by atoms with Gasteiger partial charge in [-0.2, -0.15) is 0 Å². The number of nitrogens with zero attached hydrogens (tertiary/aromatic N) is 3. The lowest BCUT2D eigenvalue weighted by Crippen LogP contribution is -2.31. The molecule has 2 aromatic rings. The van der Waals surface area contributed by atoms with Crippen LogP contribution in [0, 0.1) is 0 Å². The van der Waals surface area contributed by atoms with Gasteiger partial charge in [-0.05, 0) is 12.5 Å². The van der Waals surface area contributed by atoms with Crippen molar-refractivity contribution in [3.05, 3.63) is 54.1 Å². The summed E-state index contributed by atoms with van der Waals surface area (Å²) < 4.78 is 1.75. The highest BCUT2D eigenvalue weighted by atomic mass is 16.2. The molecule has 0 fully saturated rings. The van der Waals surface area contributed by atoms with E-state index in [9.17, 15) is 4.79 Å². The summed E-state index contributed by atoms with van der Waals surface area (Å²) in [5.41, 5.74) is 1.75. The van der Waals surface area contributed by atoms with Crippen LogP contribution in [0.4, 0.5) is 0 Å². The maximum Gasteiger partial charge on any atom is 0.272 e. The van der Waals surface area contributed by atoms with Crippen LogP contribution in [0.15, 0.2) is 42.9 Å². The van der Waals surface area contributed by atoms with Crippen molar-refractivity contribution in [1.29, 1.82) is 0 Å². The molecule has 4 nitrogen and oxygen atoms in total. The predicted molar refractivity (Wildman–Crippen MR) is 70.1 cm³/mol. The molecule has 4 heteroatoms. The second kappa shape index (κ2) is 5.49. The van der Waals surface area contributed by atoms with E-state index in [4.69, 9.17) is 0 Å². The zero-order valence-corrected chi connectivity index (χ0v) is 10.7. The van der Waals surface area contributed by atoms with Crippen LogP contribution in [-0.4, -0.2) is 26.9 Å². The van der Waals surface area contributed by atoms with Gasteiger partial charge in [-0.1, -0.05) is 30.3 Å². The molecular weight excluding hydrogens is 226 g/mol. The van der Waals surface area contributed by atoms with Crippen LogP contribution in [0.3, 0.4) is 0 Å². The molecule has 0 aliphatic carbocycles. The van der Waals surface area contributed by atoms with Crippen molar-refractivity contribution in [1.82, 2.24) is 14.5 Å². The average molecular weight is 243 g/mol. The van der Waals surface area contributed by atoms with E-state index in [1.165, 1.54) is 0 Å². The third-order valence-corrected chi connectivity index (χ3v) is 2.92. The van der Waals surface area contributed by atoms with E-state index in [2.05, 4.69) is 4.98 Å². The lowest BCUT2D eigenvalue weighted by molar-refractivity contribution is 0.0743. The van der Waals surface area contributed by atoms with Crippen LogP contribution >= 0.6 is 0 Å². The average Bonchev–Trinajstić information content (AvgIpc) is 2.82. The smallest absolute Gasteiger partial charge is 0.272 e.